The summed E-state index contributed by atoms with van der Waals surface area (Å²) in [4.78, 5) is 34.2. The van der Waals surface area contributed by atoms with Gasteiger partial charge in [-0.2, -0.15) is 0 Å². The lowest BCUT2D eigenvalue weighted by molar-refractivity contribution is -0.135. The number of amides is 2. The lowest BCUT2D eigenvalue weighted by Gasteiger charge is -2.07. The molecule has 0 heterocycles. The molecule has 0 aromatic heterocycles. The molecule has 200 valence electrons. The number of allylic oxidation sites excluding steroid dienone is 10. The van der Waals surface area contributed by atoms with Gasteiger partial charge in [0.25, 0.3) is 0 Å². The zero-order valence-corrected chi connectivity index (χ0v) is 22.0. The summed E-state index contributed by atoms with van der Waals surface area (Å²) in [5.41, 5.74) is 0. The molecule has 0 aliphatic rings. The lowest BCUT2D eigenvalue weighted by Crippen LogP contribution is -2.36. The van der Waals surface area contributed by atoms with Crippen molar-refractivity contribution in [1.29, 1.82) is 0 Å². The molecule has 7 heteroatoms. The van der Waals surface area contributed by atoms with E-state index in [1.807, 2.05) is 0 Å². The van der Waals surface area contributed by atoms with Crippen molar-refractivity contribution in [1.82, 2.24) is 16.0 Å². The molecule has 0 spiro atoms. The van der Waals surface area contributed by atoms with E-state index in [9.17, 15) is 14.4 Å². The largest absolute Gasteiger partial charge is 0.466 e. The van der Waals surface area contributed by atoms with Gasteiger partial charge in [-0.3, -0.25) is 9.59 Å². The van der Waals surface area contributed by atoms with Gasteiger partial charge in [0.15, 0.2) is 0 Å². The van der Waals surface area contributed by atoms with Crippen molar-refractivity contribution in [2.45, 2.75) is 58.3 Å². The number of nitrogens with one attached hydrogen (secondary N) is 3. The Morgan fingerprint density at radius 3 is 1.75 bits per heavy atom. The zero-order chi connectivity index (χ0) is 26.5. The number of unbranched alkanes of at least 4 members (excludes halogenated alkanes) is 1. The highest BCUT2D eigenvalue weighted by atomic mass is 16.5. The smallest absolute Gasteiger partial charge is 0.330 e. The van der Waals surface area contributed by atoms with Crippen LogP contribution in [0.4, 0.5) is 0 Å². The molecule has 0 radical (unpaired) electrons. The van der Waals surface area contributed by atoms with Crippen LogP contribution in [0.1, 0.15) is 58.3 Å². The van der Waals surface area contributed by atoms with Gasteiger partial charge in [-0.25, -0.2) is 4.79 Å². The molecule has 7 nitrogen and oxygen atoms in total. The van der Waals surface area contributed by atoms with E-state index in [4.69, 9.17) is 0 Å². The Morgan fingerprint density at radius 2 is 1.19 bits per heavy atom. The molecule has 0 atom stereocenters. The van der Waals surface area contributed by atoms with E-state index in [2.05, 4.69) is 88.4 Å². The predicted molar refractivity (Wildman–Crippen MR) is 148 cm³/mol. The van der Waals surface area contributed by atoms with E-state index >= 15 is 0 Å². The Morgan fingerprint density at radius 1 is 0.667 bits per heavy atom. The summed E-state index contributed by atoms with van der Waals surface area (Å²) in [5, 5.41) is 8.64. The minimum Gasteiger partial charge on any atom is -0.466 e. The quantitative estimate of drug-likeness (QED) is 0.0938. The number of methoxy groups -OCH3 is 1. The summed E-state index contributed by atoms with van der Waals surface area (Å²) in [6.07, 6.45) is 31.1. The average Bonchev–Trinajstić information content (AvgIpc) is 2.88. The van der Waals surface area contributed by atoms with Crippen LogP contribution in [0, 0.1) is 0 Å². The van der Waals surface area contributed by atoms with Crippen molar-refractivity contribution >= 4 is 17.8 Å². The molecule has 0 unspecified atom stereocenters. The molecule has 0 fully saturated rings. The van der Waals surface area contributed by atoms with Gasteiger partial charge in [0.2, 0.25) is 11.8 Å². The molecule has 0 aliphatic carbocycles. The third-order valence-corrected chi connectivity index (χ3v) is 4.73. The molecule has 0 bridgehead atoms. The van der Waals surface area contributed by atoms with Gasteiger partial charge < -0.3 is 20.7 Å². The van der Waals surface area contributed by atoms with Crippen LogP contribution in [0.2, 0.25) is 0 Å². The summed E-state index contributed by atoms with van der Waals surface area (Å²) >= 11 is 0. The first kappa shape index (κ1) is 32.8. The third kappa shape index (κ3) is 25.4. The Balaban J connectivity index is 3.55. The van der Waals surface area contributed by atoms with E-state index in [-0.39, 0.29) is 11.8 Å². The number of esters is 1. The number of ether oxygens (including phenoxy) is 1. The van der Waals surface area contributed by atoms with Gasteiger partial charge in [0.1, 0.15) is 0 Å². The number of rotatable bonds is 21. The number of hydrogen-bond donors (Lipinski definition) is 3. The van der Waals surface area contributed by atoms with Crippen LogP contribution in [-0.4, -0.2) is 51.1 Å². The predicted octanol–water partition coefficient (Wildman–Crippen LogP) is 4.46. The van der Waals surface area contributed by atoms with Crippen molar-refractivity contribution in [2.24, 2.45) is 0 Å². The van der Waals surface area contributed by atoms with E-state index in [0.29, 0.717) is 32.6 Å². The van der Waals surface area contributed by atoms with E-state index in [1.165, 1.54) is 7.11 Å². The van der Waals surface area contributed by atoms with E-state index in [1.54, 1.807) is 0 Å². The Kier molecular flexibility index (Phi) is 24.1. The lowest BCUT2D eigenvalue weighted by atomic mass is 10.2. The van der Waals surface area contributed by atoms with E-state index in [0.717, 1.165) is 57.1 Å². The van der Waals surface area contributed by atoms with Gasteiger partial charge in [-0.15, -0.1) is 0 Å². The van der Waals surface area contributed by atoms with Crippen LogP contribution >= 0.6 is 0 Å². The second-order valence-corrected chi connectivity index (χ2v) is 7.85. The highest BCUT2D eigenvalue weighted by molar-refractivity contribution is 5.94. The first-order chi connectivity index (χ1) is 17.6. The van der Waals surface area contributed by atoms with Crippen LogP contribution in [0.5, 0.6) is 0 Å². The van der Waals surface area contributed by atoms with Gasteiger partial charge in [0.05, 0.1) is 7.11 Å². The molecular weight excluding hydrogens is 454 g/mol. The number of hydrogen-bond acceptors (Lipinski definition) is 5. The van der Waals surface area contributed by atoms with Crippen molar-refractivity contribution in [3.63, 3.8) is 0 Å². The van der Waals surface area contributed by atoms with E-state index < -0.39 is 5.97 Å². The van der Waals surface area contributed by atoms with Gasteiger partial charge in [-0.1, -0.05) is 67.7 Å². The molecule has 0 aliphatic heterocycles. The zero-order valence-electron chi connectivity index (χ0n) is 22.0. The van der Waals surface area contributed by atoms with Crippen LogP contribution in [-0.2, 0) is 19.1 Å². The van der Waals surface area contributed by atoms with Crippen molar-refractivity contribution < 1.29 is 19.1 Å². The molecular formula is C29H45N3O4. The molecule has 2 amide bonds. The van der Waals surface area contributed by atoms with Crippen LogP contribution in [0.15, 0.2) is 72.9 Å². The fourth-order valence-corrected chi connectivity index (χ4v) is 2.80. The topological polar surface area (TPSA) is 96.5 Å². The average molecular weight is 500 g/mol. The summed E-state index contributed by atoms with van der Waals surface area (Å²) in [6, 6.07) is 0. The first-order valence-corrected chi connectivity index (χ1v) is 12.9. The minimum atomic E-state index is -0.572. The molecule has 3 N–H and O–H groups in total. The SMILES string of the molecule is CC/C=C\C/C=C\C/C=C\C/C=C\C/C=C\CCCC(=O)NCCNCCNC(=O)/C=C/C(=O)OC. The number of carbonyl (C=O) groups excluding carboxylic acids is 3. The summed E-state index contributed by atoms with van der Waals surface area (Å²) in [5.74, 6) is -0.884. The maximum Gasteiger partial charge on any atom is 0.330 e. The highest BCUT2D eigenvalue weighted by Gasteiger charge is 2.00. The summed E-state index contributed by atoms with van der Waals surface area (Å²) < 4.78 is 4.41. The van der Waals surface area contributed by atoms with Crippen molar-refractivity contribution in [3.05, 3.63) is 72.9 Å². The Labute approximate surface area is 217 Å². The molecule has 36 heavy (non-hydrogen) atoms. The normalized spacial score (nSPS) is 12.2. The first-order valence-electron chi connectivity index (χ1n) is 12.9. The van der Waals surface area contributed by atoms with Crippen LogP contribution < -0.4 is 16.0 Å². The minimum absolute atomic E-state index is 0.0467. The fraction of sp³-hybridized carbons (Fsp3) is 0.483. The van der Waals surface area contributed by atoms with Crippen LogP contribution in [0.3, 0.4) is 0 Å². The second-order valence-electron chi connectivity index (χ2n) is 7.85. The highest BCUT2D eigenvalue weighted by Crippen LogP contribution is 1.99. The maximum absolute atomic E-state index is 11.8. The maximum atomic E-state index is 11.8. The molecule has 0 aromatic carbocycles. The molecule has 0 rings (SSSR count). The molecule has 0 saturated heterocycles. The second kappa shape index (κ2) is 26.4. The van der Waals surface area contributed by atoms with Gasteiger partial charge in [0, 0.05) is 44.8 Å². The van der Waals surface area contributed by atoms with Crippen LogP contribution in [0.25, 0.3) is 0 Å². The van der Waals surface area contributed by atoms with Gasteiger partial charge >= 0.3 is 5.97 Å². The third-order valence-electron chi connectivity index (χ3n) is 4.73. The Hall–Kier alpha value is -3.19. The molecule has 0 saturated carbocycles. The number of carbonyl (C=O) groups is 3. The summed E-state index contributed by atoms with van der Waals surface area (Å²) in [7, 11) is 1.25. The van der Waals surface area contributed by atoms with Gasteiger partial charge in [-0.05, 0) is 44.9 Å². The van der Waals surface area contributed by atoms with Crippen molar-refractivity contribution in [2.75, 3.05) is 33.3 Å². The Bertz CT molecular complexity index is 764. The summed E-state index contributed by atoms with van der Waals surface area (Å²) in [6.45, 7) is 4.29. The molecule has 0 aromatic rings. The van der Waals surface area contributed by atoms with Crippen molar-refractivity contribution in [3.8, 4) is 0 Å². The fourth-order valence-electron chi connectivity index (χ4n) is 2.80. The standard InChI is InChI=1S/C29H45N3O4/c1-3-4-5-6-7-8-9-10-11-12-13-14-15-16-17-18-19-20-27(33)31-25-23-30-24-26-32-28(34)21-22-29(35)36-2/h4-5,7-8,10-11,13-14,16-17,21-22,30H,3,6,9,12,15,18-20,23-26H2,1-2H3,(H,31,33)(H,32,34)/b5-4-,8-7-,11-10-,14-13-,17-16-,22-21+. The monoisotopic (exact) mass is 499 g/mol.